The smallest absolute Gasteiger partial charge is 0.116 e. The Labute approximate surface area is 91.2 Å². The Kier molecular flexibility index (Phi) is 2.59. The number of hydrogen-bond donors (Lipinski definition) is 0. The minimum atomic E-state index is 0.922. The second-order valence-corrected chi connectivity index (χ2v) is 3.94. The zero-order chi connectivity index (χ0) is 9.97. The molecule has 3 heteroatoms. The van der Waals surface area contributed by atoms with Gasteiger partial charge in [0, 0.05) is 11.8 Å². The molecule has 2 rings (SSSR count). The third-order valence-electron chi connectivity index (χ3n) is 1.96. The predicted octanol–water partition coefficient (Wildman–Crippen LogP) is 3.21. The van der Waals surface area contributed by atoms with E-state index in [0.29, 0.717) is 0 Å². The molecule has 0 aliphatic heterocycles. The van der Waals surface area contributed by atoms with E-state index in [9.17, 15) is 0 Å². The van der Waals surface area contributed by atoms with Crippen molar-refractivity contribution in [2.75, 3.05) is 0 Å². The van der Waals surface area contributed by atoms with E-state index in [1.165, 1.54) is 5.56 Å². The fourth-order valence-electron chi connectivity index (χ4n) is 1.32. The van der Waals surface area contributed by atoms with Crippen molar-refractivity contribution in [2.24, 2.45) is 0 Å². The molecule has 0 spiro atoms. The molecule has 0 aliphatic rings. The lowest BCUT2D eigenvalue weighted by molar-refractivity contribution is 1.16. The fourth-order valence-corrected chi connectivity index (χ4v) is 1.77. The van der Waals surface area contributed by atoms with E-state index in [2.05, 4.69) is 45.0 Å². The molecule has 1 aromatic carbocycles. The SMILES string of the molecule is Cc1cccc(-c2ncncc2Br)c1. The van der Waals surface area contributed by atoms with Crippen molar-refractivity contribution in [1.82, 2.24) is 9.97 Å². The van der Waals surface area contributed by atoms with Gasteiger partial charge in [-0.25, -0.2) is 9.97 Å². The summed E-state index contributed by atoms with van der Waals surface area (Å²) >= 11 is 3.43. The number of halogens is 1. The maximum atomic E-state index is 4.23. The second kappa shape index (κ2) is 3.88. The lowest BCUT2D eigenvalue weighted by atomic mass is 10.1. The van der Waals surface area contributed by atoms with E-state index in [4.69, 9.17) is 0 Å². The molecule has 2 nitrogen and oxygen atoms in total. The monoisotopic (exact) mass is 248 g/mol. The first-order valence-corrected chi connectivity index (χ1v) is 5.09. The number of rotatable bonds is 1. The van der Waals surface area contributed by atoms with Gasteiger partial charge in [0.2, 0.25) is 0 Å². The summed E-state index contributed by atoms with van der Waals surface area (Å²) in [6.45, 7) is 2.07. The van der Waals surface area contributed by atoms with Gasteiger partial charge in [-0.15, -0.1) is 0 Å². The highest BCUT2D eigenvalue weighted by atomic mass is 79.9. The lowest BCUT2D eigenvalue weighted by Gasteiger charge is -2.03. The van der Waals surface area contributed by atoms with E-state index in [0.717, 1.165) is 15.7 Å². The van der Waals surface area contributed by atoms with Gasteiger partial charge < -0.3 is 0 Å². The van der Waals surface area contributed by atoms with Gasteiger partial charge in [0.25, 0.3) is 0 Å². The molecule has 14 heavy (non-hydrogen) atoms. The van der Waals surface area contributed by atoms with Crippen LogP contribution in [0, 0.1) is 6.92 Å². The molecule has 0 saturated heterocycles. The van der Waals surface area contributed by atoms with Gasteiger partial charge in [-0.05, 0) is 28.9 Å². The highest BCUT2D eigenvalue weighted by Gasteiger charge is 2.03. The molecule has 1 aromatic heterocycles. The van der Waals surface area contributed by atoms with E-state index in [-0.39, 0.29) is 0 Å². The first-order chi connectivity index (χ1) is 6.77. The number of hydrogen-bond acceptors (Lipinski definition) is 2. The molecule has 2 aromatic rings. The first-order valence-electron chi connectivity index (χ1n) is 4.30. The maximum absolute atomic E-state index is 4.23. The molecule has 0 amide bonds. The second-order valence-electron chi connectivity index (χ2n) is 3.09. The van der Waals surface area contributed by atoms with E-state index in [1.54, 1.807) is 12.5 Å². The summed E-state index contributed by atoms with van der Waals surface area (Å²) in [7, 11) is 0. The molecular weight excluding hydrogens is 240 g/mol. The Morgan fingerprint density at radius 1 is 1.29 bits per heavy atom. The van der Waals surface area contributed by atoms with Crippen LogP contribution in [0.25, 0.3) is 11.3 Å². The van der Waals surface area contributed by atoms with Crippen LogP contribution in [0.4, 0.5) is 0 Å². The summed E-state index contributed by atoms with van der Waals surface area (Å²) in [4.78, 5) is 8.17. The highest BCUT2D eigenvalue weighted by molar-refractivity contribution is 9.10. The highest BCUT2D eigenvalue weighted by Crippen LogP contribution is 2.24. The molecular formula is C11H9BrN2. The van der Waals surface area contributed by atoms with Gasteiger partial charge in [0.1, 0.15) is 6.33 Å². The van der Waals surface area contributed by atoms with Gasteiger partial charge in [-0.2, -0.15) is 0 Å². The van der Waals surface area contributed by atoms with Crippen LogP contribution in [0.2, 0.25) is 0 Å². The molecule has 0 unspecified atom stereocenters. The maximum Gasteiger partial charge on any atom is 0.116 e. The van der Waals surface area contributed by atoms with E-state index in [1.807, 2.05) is 12.1 Å². The molecule has 0 atom stereocenters. The van der Waals surface area contributed by atoms with E-state index >= 15 is 0 Å². The Balaban J connectivity index is 2.55. The third-order valence-corrected chi connectivity index (χ3v) is 2.54. The van der Waals surface area contributed by atoms with Crippen LogP contribution in [0.1, 0.15) is 5.56 Å². The normalized spacial score (nSPS) is 10.1. The zero-order valence-corrected chi connectivity index (χ0v) is 9.32. The van der Waals surface area contributed by atoms with Gasteiger partial charge in [0.05, 0.1) is 10.2 Å². The predicted molar refractivity (Wildman–Crippen MR) is 59.9 cm³/mol. The number of aryl methyl sites for hydroxylation is 1. The number of nitrogens with zero attached hydrogens (tertiary/aromatic N) is 2. The summed E-state index contributed by atoms with van der Waals surface area (Å²) < 4.78 is 0.922. The van der Waals surface area contributed by atoms with Gasteiger partial charge in [-0.3, -0.25) is 0 Å². The summed E-state index contributed by atoms with van der Waals surface area (Å²) in [6.07, 6.45) is 3.31. The largest absolute Gasteiger partial charge is 0.244 e. The average molecular weight is 249 g/mol. The first kappa shape index (κ1) is 9.34. The molecule has 0 fully saturated rings. The van der Waals surface area contributed by atoms with Crippen molar-refractivity contribution in [3.63, 3.8) is 0 Å². The number of benzene rings is 1. The Morgan fingerprint density at radius 3 is 2.86 bits per heavy atom. The van der Waals surface area contributed by atoms with Crippen LogP contribution < -0.4 is 0 Å². The van der Waals surface area contributed by atoms with Crippen LogP contribution >= 0.6 is 15.9 Å². The van der Waals surface area contributed by atoms with E-state index < -0.39 is 0 Å². The quantitative estimate of drug-likeness (QED) is 0.775. The summed E-state index contributed by atoms with van der Waals surface area (Å²) in [5, 5.41) is 0. The Hall–Kier alpha value is -1.22. The molecule has 0 saturated carbocycles. The van der Waals surface area contributed by atoms with Gasteiger partial charge in [-0.1, -0.05) is 23.8 Å². The van der Waals surface area contributed by atoms with Crippen molar-refractivity contribution in [3.05, 3.63) is 46.8 Å². The van der Waals surface area contributed by atoms with Crippen molar-refractivity contribution in [3.8, 4) is 11.3 Å². The molecule has 0 N–H and O–H groups in total. The van der Waals surface area contributed by atoms with Crippen molar-refractivity contribution >= 4 is 15.9 Å². The molecule has 70 valence electrons. The lowest BCUT2D eigenvalue weighted by Crippen LogP contribution is -1.86. The Morgan fingerprint density at radius 2 is 2.14 bits per heavy atom. The molecule has 0 bridgehead atoms. The summed E-state index contributed by atoms with van der Waals surface area (Å²) in [5.74, 6) is 0. The van der Waals surface area contributed by atoms with Crippen LogP contribution in [-0.4, -0.2) is 9.97 Å². The van der Waals surface area contributed by atoms with Crippen LogP contribution in [-0.2, 0) is 0 Å². The Bertz CT molecular complexity index is 455. The van der Waals surface area contributed by atoms with Crippen molar-refractivity contribution < 1.29 is 0 Å². The zero-order valence-electron chi connectivity index (χ0n) is 7.74. The average Bonchev–Trinajstić information content (AvgIpc) is 2.18. The molecule has 0 aliphatic carbocycles. The standard InChI is InChI=1S/C11H9BrN2/c1-8-3-2-4-9(5-8)11-10(12)6-13-7-14-11/h2-7H,1H3. The minimum absolute atomic E-state index is 0.922. The number of aromatic nitrogens is 2. The van der Waals surface area contributed by atoms with Crippen LogP contribution in [0.3, 0.4) is 0 Å². The van der Waals surface area contributed by atoms with Crippen molar-refractivity contribution in [1.29, 1.82) is 0 Å². The minimum Gasteiger partial charge on any atom is -0.244 e. The van der Waals surface area contributed by atoms with Crippen LogP contribution in [0.5, 0.6) is 0 Å². The summed E-state index contributed by atoms with van der Waals surface area (Å²) in [5.41, 5.74) is 3.27. The fraction of sp³-hybridized carbons (Fsp3) is 0.0909. The topological polar surface area (TPSA) is 25.8 Å². The summed E-state index contributed by atoms with van der Waals surface area (Å²) in [6, 6.07) is 8.24. The third kappa shape index (κ3) is 1.82. The van der Waals surface area contributed by atoms with Gasteiger partial charge in [0.15, 0.2) is 0 Å². The van der Waals surface area contributed by atoms with Gasteiger partial charge >= 0.3 is 0 Å². The van der Waals surface area contributed by atoms with Crippen molar-refractivity contribution in [2.45, 2.75) is 6.92 Å². The molecule has 1 heterocycles. The van der Waals surface area contributed by atoms with Crippen LogP contribution in [0.15, 0.2) is 41.3 Å². The molecule has 0 radical (unpaired) electrons.